The number of hydrogen-bond acceptors (Lipinski definition) is 3. The summed E-state index contributed by atoms with van der Waals surface area (Å²) in [6.07, 6.45) is 4.42. The number of carbonyl (C=O) groups excluding carboxylic acids is 1. The van der Waals surface area contributed by atoms with E-state index in [-0.39, 0.29) is 5.78 Å². The minimum atomic E-state index is 0.237. The van der Waals surface area contributed by atoms with Crippen LogP contribution in [0, 0.1) is 0 Å². The number of pyridine rings is 1. The van der Waals surface area contributed by atoms with Crippen molar-refractivity contribution in [3.05, 3.63) is 50.9 Å². The molecule has 0 bridgehead atoms. The van der Waals surface area contributed by atoms with Gasteiger partial charge in [-0.05, 0) is 45.8 Å². The van der Waals surface area contributed by atoms with E-state index in [0.29, 0.717) is 12.8 Å². The van der Waals surface area contributed by atoms with Crippen molar-refractivity contribution < 1.29 is 4.79 Å². The smallest absolute Gasteiger partial charge is 0.142 e. The van der Waals surface area contributed by atoms with E-state index in [1.54, 1.807) is 23.7 Å². The fourth-order valence-corrected chi connectivity index (χ4v) is 2.94. The molecule has 0 aliphatic rings. The molecule has 4 heteroatoms. The summed E-state index contributed by atoms with van der Waals surface area (Å²) in [6.45, 7) is 0. The molecule has 0 atom stereocenters. The molecular formula is C12H10BrNOS. The van der Waals surface area contributed by atoms with Crippen LogP contribution >= 0.6 is 27.3 Å². The second kappa shape index (κ2) is 5.37. The molecule has 0 amide bonds. The first-order chi connectivity index (χ1) is 7.74. The van der Waals surface area contributed by atoms with Gasteiger partial charge in [0.25, 0.3) is 0 Å². The summed E-state index contributed by atoms with van der Waals surface area (Å²) in [4.78, 5) is 16.8. The Balaban J connectivity index is 1.95. The monoisotopic (exact) mass is 295 g/mol. The van der Waals surface area contributed by atoms with Gasteiger partial charge in [-0.3, -0.25) is 9.78 Å². The number of halogens is 1. The van der Waals surface area contributed by atoms with Crippen LogP contribution in [0.25, 0.3) is 0 Å². The van der Waals surface area contributed by atoms with Crippen LogP contribution in [0.15, 0.2) is 40.4 Å². The van der Waals surface area contributed by atoms with Crippen LogP contribution < -0.4 is 0 Å². The minimum Gasteiger partial charge on any atom is -0.299 e. The summed E-state index contributed by atoms with van der Waals surface area (Å²) in [5.74, 6) is 0.237. The van der Waals surface area contributed by atoms with E-state index in [0.717, 1.165) is 14.2 Å². The zero-order valence-corrected chi connectivity index (χ0v) is 10.9. The molecule has 0 N–H and O–H groups in total. The second-order valence-corrected chi connectivity index (χ2v) is 6.00. The molecule has 0 aliphatic carbocycles. The van der Waals surface area contributed by atoms with Crippen molar-refractivity contribution in [2.75, 3.05) is 0 Å². The van der Waals surface area contributed by atoms with Crippen molar-refractivity contribution in [2.24, 2.45) is 0 Å². The van der Waals surface area contributed by atoms with Gasteiger partial charge in [0.1, 0.15) is 5.78 Å². The molecule has 16 heavy (non-hydrogen) atoms. The molecule has 0 saturated heterocycles. The van der Waals surface area contributed by atoms with Crippen LogP contribution in [0.5, 0.6) is 0 Å². The highest BCUT2D eigenvalue weighted by molar-refractivity contribution is 9.11. The Morgan fingerprint density at radius 2 is 1.94 bits per heavy atom. The highest BCUT2D eigenvalue weighted by Gasteiger charge is 2.06. The minimum absolute atomic E-state index is 0.237. The van der Waals surface area contributed by atoms with E-state index in [9.17, 15) is 4.79 Å². The number of ketones is 1. The Labute approximate surface area is 106 Å². The lowest BCUT2D eigenvalue weighted by Gasteiger charge is -1.98. The number of aromatic nitrogens is 1. The average Bonchev–Trinajstić information content (AvgIpc) is 2.65. The van der Waals surface area contributed by atoms with Gasteiger partial charge in [0, 0.05) is 30.1 Å². The number of hydrogen-bond donors (Lipinski definition) is 0. The molecule has 2 rings (SSSR count). The van der Waals surface area contributed by atoms with Crippen molar-refractivity contribution >= 4 is 33.0 Å². The zero-order chi connectivity index (χ0) is 11.4. The molecule has 0 radical (unpaired) electrons. The van der Waals surface area contributed by atoms with Crippen LogP contribution in [0.3, 0.4) is 0 Å². The predicted octanol–water partition coefficient (Wildman–Crippen LogP) is 3.26. The molecule has 0 aromatic carbocycles. The summed E-state index contributed by atoms with van der Waals surface area (Å²) >= 11 is 5.00. The van der Waals surface area contributed by atoms with E-state index in [2.05, 4.69) is 20.9 Å². The average molecular weight is 296 g/mol. The molecule has 0 saturated carbocycles. The van der Waals surface area contributed by atoms with Crippen molar-refractivity contribution in [1.29, 1.82) is 0 Å². The number of carbonyl (C=O) groups is 1. The van der Waals surface area contributed by atoms with Crippen LogP contribution in [-0.2, 0) is 17.6 Å². The van der Waals surface area contributed by atoms with Crippen LogP contribution in [0.4, 0.5) is 0 Å². The lowest BCUT2D eigenvalue weighted by atomic mass is 10.1. The fraction of sp³-hybridized carbons (Fsp3) is 0.167. The van der Waals surface area contributed by atoms with E-state index in [1.165, 1.54) is 0 Å². The normalized spacial score (nSPS) is 10.3. The first kappa shape index (κ1) is 11.5. The maximum absolute atomic E-state index is 11.8. The maximum Gasteiger partial charge on any atom is 0.142 e. The van der Waals surface area contributed by atoms with Crippen molar-refractivity contribution in [2.45, 2.75) is 12.8 Å². The Hall–Kier alpha value is -1.000. The molecular weight excluding hydrogens is 286 g/mol. The van der Waals surface area contributed by atoms with Gasteiger partial charge in [0.15, 0.2) is 0 Å². The summed E-state index contributed by atoms with van der Waals surface area (Å²) in [6, 6.07) is 7.71. The van der Waals surface area contributed by atoms with Gasteiger partial charge < -0.3 is 0 Å². The first-order valence-corrected chi connectivity index (χ1v) is 6.50. The number of rotatable bonds is 4. The topological polar surface area (TPSA) is 30.0 Å². The Morgan fingerprint density at radius 3 is 2.56 bits per heavy atom. The van der Waals surface area contributed by atoms with Gasteiger partial charge in [-0.2, -0.15) is 0 Å². The van der Waals surface area contributed by atoms with Gasteiger partial charge >= 0.3 is 0 Å². The van der Waals surface area contributed by atoms with Gasteiger partial charge in [0.2, 0.25) is 0 Å². The number of Topliss-reactive ketones (excluding diaryl/α,β-unsaturated/α-hetero) is 1. The van der Waals surface area contributed by atoms with Crippen LogP contribution in [0.2, 0.25) is 0 Å². The summed E-state index contributed by atoms with van der Waals surface area (Å²) < 4.78 is 1.07. The van der Waals surface area contributed by atoms with Crippen molar-refractivity contribution in [3.63, 3.8) is 0 Å². The first-order valence-electron chi connectivity index (χ1n) is 4.89. The molecule has 2 heterocycles. The second-order valence-electron chi connectivity index (χ2n) is 3.45. The molecule has 82 valence electrons. The fourth-order valence-electron chi connectivity index (χ4n) is 1.43. The molecule has 2 aromatic rings. The van der Waals surface area contributed by atoms with Crippen LogP contribution in [0.1, 0.15) is 10.4 Å². The number of thiophene rings is 1. The molecule has 0 unspecified atom stereocenters. The van der Waals surface area contributed by atoms with Gasteiger partial charge in [-0.25, -0.2) is 0 Å². The summed E-state index contributed by atoms with van der Waals surface area (Å²) in [5.41, 5.74) is 1.02. The molecule has 2 aromatic heterocycles. The Kier molecular flexibility index (Phi) is 3.85. The van der Waals surface area contributed by atoms with E-state index in [1.807, 2.05) is 24.3 Å². The van der Waals surface area contributed by atoms with E-state index in [4.69, 9.17) is 0 Å². The quantitative estimate of drug-likeness (QED) is 0.867. The maximum atomic E-state index is 11.8. The van der Waals surface area contributed by atoms with E-state index < -0.39 is 0 Å². The third kappa shape index (κ3) is 3.25. The van der Waals surface area contributed by atoms with Crippen molar-refractivity contribution in [1.82, 2.24) is 4.98 Å². The Morgan fingerprint density at radius 1 is 1.19 bits per heavy atom. The predicted molar refractivity (Wildman–Crippen MR) is 68.7 cm³/mol. The standard InChI is InChI=1S/C12H10BrNOS/c13-12-2-1-11(16-12)8-10(15)7-9-3-5-14-6-4-9/h1-6H,7-8H2. The number of nitrogens with zero attached hydrogens (tertiary/aromatic N) is 1. The molecule has 0 aliphatic heterocycles. The highest BCUT2D eigenvalue weighted by atomic mass is 79.9. The summed E-state index contributed by atoms with van der Waals surface area (Å²) in [7, 11) is 0. The largest absolute Gasteiger partial charge is 0.299 e. The lowest BCUT2D eigenvalue weighted by molar-refractivity contribution is -0.117. The van der Waals surface area contributed by atoms with Gasteiger partial charge in [-0.15, -0.1) is 11.3 Å². The SMILES string of the molecule is O=C(Cc1ccncc1)Cc1ccc(Br)s1. The van der Waals surface area contributed by atoms with Crippen LogP contribution in [-0.4, -0.2) is 10.8 Å². The molecule has 0 fully saturated rings. The Bertz CT molecular complexity index is 481. The molecule has 0 spiro atoms. The third-order valence-corrected chi connectivity index (χ3v) is 3.77. The van der Waals surface area contributed by atoms with Gasteiger partial charge in [0.05, 0.1) is 3.79 Å². The third-order valence-electron chi connectivity index (χ3n) is 2.15. The van der Waals surface area contributed by atoms with Crippen molar-refractivity contribution in [3.8, 4) is 0 Å². The highest BCUT2D eigenvalue weighted by Crippen LogP contribution is 2.22. The molecule has 2 nitrogen and oxygen atoms in total. The van der Waals surface area contributed by atoms with Gasteiger partial charge in [-0.1, -0.05) is 0 Å². The lowest BCUT2D eigenvalue weighted by Crippen LogP contribution is -2.05. The van der Waals surface area contributed by atoms with E-state index >= 15 is 0 Å². The zero-order valence-electron chi connectivity index (χ0n) is 8.52. The summed E-state index contributed by atoms with van der Waals surface area (Å²) in [5, 5.41) is 0.